The molecule has 0 spiro atoms. The minimum absolute atomic E-state index is 0.729. The summed E-state index contributed by atoms with van der Waals surface area (Å²) in [4.78, 5) is 9.10. The van der Waals surface area contributed by atoms with Crippen molar-refractivity contribution in [3.8, 4) is 11.1 Å². The van der Waals surface area contributed by atoms with Crippen LogP contribution in [-0.2, 0) is 0 Å². The molecule has 4 rings (SSSR count). The van der Waals surface area contributed by atoms with Crippen LogP contribution < -0.4 is 16.0 Å². The van der Waals surface area contributed by atoms with Gasteiger partial charge >= 0.3 is 0 Å². The Balaban J connectivity index is 1.93. The summed E-state index contributed by atoms with van der Waals surface area (Å²) < 4.78 is 0. The van der Waals surface area contributed by atoms with Crippen molar-refractivity contribution >= 4 is 24.0 Å². The highest BCUT2D eigenvalue weighted by atomic mass is 31.1. The molecule has 4 aromatic rings. The molecule has 0 aliphatic heterocycles. The van der Waals surface area contributed by atoms with Gasteiger partial charge in [0.05, 0.1) is 5.44 Å². The molecule has 0 bridgehead atoms. The van der Waals surface area contributed by atoms with E-state index < -0.39 is 7.92 Å². The topological polar surface area (TPSA) is 25.8 Å². The predicted octanol–water partition coefficient (Wildman–Crippen LogP) is 3.90. The predicted molar refractivity (Wildman–Crippen MR) is 106 cm³/mol. The quantitative estimate of drug-likeness (QED) is 0.527. The van der Waals surface area contributed by atoms with Crippen LogP contribution >= 0.6 is 7.92 Å². The number of pyridine rings is 2. The molecule has 2 nitrogen and oxygen atoms in total. The van der Waals surface area contributed by atoms with Crippen molar-refractivity contribution in [2.45, 2.75) is 0 Å². The highest BCUT2D eigenvalue weighted by Gasteiger charge is 2.21. The van der Waals surface area contributed by atoms with E-state index in [1.807, 2.05) is 24.5 Å². The van der Waals surface area contributed by atoms with Gasteiger partial charge in [-0.05, 0) is 22.7 Å². The van der Waals surface area contributed by atoms with Gasteiger partial charge in [0.2, 0.25) is 0 Å². The van der Waals surface area contributed by atoms with Crippen molar-refractivity contribution in [1.82, 2.24) is 9.97 Å². The Labute approximate surface area is 149 Å². The van der Waals surface area contributed by atoms with E-state index in [1.165, 1.54) is 10.6 Å². The van der Waals surface area contributed by atoms with Gasteiger partial charge < -0.3 is 0 Å². The summed E-state index contributed by atoms with van der Waals surface area (Å²) in [5, 5.41) is 2.60. The maximum Gasteiger partial charge on any atom is 0.0799 e. The Morgan fingerprint density at radius 3 is 1.84 bits per heavy atom. The number of rotatable bonds is 4. The van der Waals surface area contributed by atoms with E-state index in [0.717, 1.165) is 16.6 Å². The van der Waals surface area contributed by atoms with E-state index in [0.29, 0.717) is 0 Å². The minimum atomic E-state index is -0.729. The Bertz CT molecular complexity index is 902. The van der Waals surface area contributed by atoms with E-state index in [9.17, 15) is 0 Å². The van der Waals surface area contributed by atoms with E-state index in [2.05, 4.69) is 77.8 Å². The molecule has 2 heterocycles. The lowest BCUT2D eigenvalue weighted by molar-refractivity contribution is 1.32. The van der Waals surface area contributed by atoms with Crippen molar-refractivity contribution in [2.75, 3.05) is 0 Å². The average Bonchev–Trinajstić information content (AvgIpc) is 2.71. The second-order valence-electron chi connectivity index (χ2n) is 5.62. The van der Waals surface area contributed by atoms with Crippen molar-refractivity contribution in [3.05, 3.63) is 104 Å². The van der Waals surface area contributed by atoms with E-state index in [4.69, 9.17) is 4.98 Å². The Hall–Kier alpha value is -2.83. The maximum atomic E-state index is 4.81. The zero-order chi connectivity index (χ0) is 16.9. The average molecular weight is 340 g/mol. The third kappa shape index (κ3) is 3.35. The number of aromatic nitrogens is 2. The molecule has 0 fully saturated rings. The lowest BCUT2D eigenvalue weighted by atomic mass is 10.1. The van der Waals surface area contributed by atoms with Crippen LogP contribution in [-0.4, -0.2) is 9.97 Å². The molecule has 0 radical (unpaired) electrons. The Morgan fingerprint density at radius 2 is 1.24 bits per heavy atom. The lowest BCUT2D eigenvalue weighted by Gasteiger charge is -2.21. The third-order valence-electron chi connectivity index (χ3n) is 4.00. The van der Waals surface area contributed by atoms with Gasteiger partial charge in [0.25, 0.3) is 0 Å². The summed E-state index contributed by atoms with van der Waals surface area (Å²) in [6.07, 6.45) is 5.59. The standard InChI is InChI=1S/C22H17N2P/c1-3-10-19(11-4-1)25(20-12-5-2-6-13-20)22-21(14-8-16-24-22)18-9-7-15-23-17-18/h1-17H. The SMILES string of the molecule is c1ccc(P(c2ccccc2)c2ncccc2-c2cccnc2)cc1. The normalized spacial score (nSPS) is 10.8. The van der Waals surface area contributed by atoms with Gasteiger partial charge in [-0.2, -0.15) is 0 Å². The summed E-state index contributed by atoms with van der Waals surface area (Å²) >= 11 is 0. The number of benzene rings is 2. The van der Waals surface area contributed by atoms with E-state index in [1.54, 1.807) is 6.20 Å². The molecule has 2 aromatic heterocycles. The smallest absolute Gasteiger partial charge is 0.0799 e. The monoisotopic (exact) mass is 340 g/mol. The van der Waals surface area contributed by atoms with Crippen LogP contribution in [0, 0.1) is 0 Å². The van der Waals surface area contributed by atoms with Crippen molar-refractivity contribution in [2.24, 2.45) is 0 Å². The zero-order valence-corrected chi connectivity index (χ0v) is 14.6. The number of hydrogen-bond donors (Lipinski definition) is 0. The number of nitrogens with zero attached hydrogens (tertiary/aromatic N) is 2. The van der Waals surface area contributed by atoms with Crippen LogP contribution in [0.5, 0.6) is 0 Å². The molecule has 0 N–H and O–H groups in total. The van der Waals surface area contributed by atoms with Crippen molar-refractivity contribution < 1.29 is 0 Å². The van der Waals surface area contributed by atoms with Crippen LogP contribution in [0.3, 0.4) is 0 Å². The lowest BCUT2D eigenvalue weighted by Crippen LogP contribution is -2.24. The second-order valence-corrected chi connectivity index (χ2v) is 7.75. The highest BCUT2D eigenvalue weighted by Crippen LogP contribution is 2.35. The molecule has 0 aliphatic rings. The van der Waals surface area contributed by atoms with Gasteiger partial charge in [0.15, 0.2) is 0 Å². The summed E-state index contributed by atoms with van der Waals surface area (Å²) in [5.41, 5.74) is 3.36. The maximum absolute atomic E-state index is 4.81. The van der Waals surface area contributed by atoms with Gasteiger partial charge in [-0.3, -0.25) is 9.97 Å². The first kappa shape index (κ1) is 15.7. The van der Waals surface area contributed by atoms with Crippen LogP contribution in [0.1, 0.15) is 0 Å². The Kier molecular flexibility index (Phi) is 4.63. The van der Waals surface area contributed by atoms with Crippen LogP contribution in [0.2, 0.25) is 0 Å². The second kappa shape index (κ2) is 7.38. The molecule has 3 heteroatoms. The molecule has 2 aromatic carbocycles. The van der Waals surface area contributed by atoms with Crippen molar-refractivity contribution in [3.63, 3.8) is 0 Å². The van der Waals surface area contributed by atoms with E-state index in [-0.39, 0.29) is 0 Å². The fourth-order valence-electron chi connectivity index (χ4n) is 2.87. The van der Waals surface area contributed by atoms with Gasteiger partial charge in [0.1, 0.15) is 0 Å². The molecular weight excluding hydrogens is 323 g/mol. The molecule has 25 heavy (non-hydrogen) atoms. The molecule has 0 amide bonds. The van der Waals surface area contributed by atoms with Gasteiger partial charge in [-0.1, -0.05) is 72.8 Å². The highest BCUT2D eigenvalue weighted by molar-refractivity contribution is 7.79. The molecule has 0 atom stereocenters. The summed E-state index contributed by atoms with van der Waals surface area (Å²) in [7, 11) is -0.729. The first-order chi connectivity index (χ1) is 12.4. The fourth-order valence-corrected chi connectivity index (χ4v) is 5.22. The summed E-state index contributed by atoms with van der Waals surface area (Å²) in [5.74, 6) is 0. The van der Waals surface area contributed by atoms with Crippen LogP contribution in [0.4, 0.5) is 0 Å². The van der Waals surface area contributed by atoms with Gasteiger partial charge in [-0.25, -0.2) is 0 Å². The summed E-state index contributed by atoms with van der Waals surface area (Å²) in [6.45, 7) is 0. The molecule has 0 aliphatic carbocycles. The van der Waals surface area contributed by atoms with Crippen LogP contribution in [0.25, 0.3) is 11.1 Å². The largest absolute Gasteiger partial charge is 0.264 e. The zero-order valence-electron chi connectivity index (χ0n) is 13.7. The molecule has 0 saturated carbocycles. The van der Waals surface area contributed by atoms with Gasteiger partial charge in [-0.15, -0.1) is 0 Å². The van der Waals surface area contributed by atoms with Gasteiger partial charge in [0, 0.05) is 37.6 Å². The first-order valence-corrected chi connectivity index (χ1v) is 9.53. The minimum Gasteiger partial charge on any atom is -0.264 e. The summed E-state index contributed by atoms with van der Waals surface area (Å²) in [6, 6.07) is 29.5. The van der Waals surface area contributed by atoms with Crippen molar-refractivity contribution in [1.29, 1.82) is 0 Å². The molecule has 0 unspecified atom stereocenters. The van der Waals surface area contributed by atoms with Crippen LogP contribution in [0.15, 0.2) is 104 Å². The van der Waals surface area contributed by atoms with E-state index >= 15 is 0 Å². The molecule has 0 saturated heterocycles. The first-order valence-electron chi connectivity index (χ1n) is 8.19. The molecular formula is C22H17N2P. The number of hydrogen-bond acceptors (Lipinski definition) is 2. The molecule has 120 valence electrons. The Morgan fingerprint density at radius 1 is 0.600 bits per heavy atom. The third-order valence-corrected chi connectivity index (χ3v) is 6.41. The fraction of sp³-hybridized carbons (Fsp3) is 0.